The summed E-state index contributed by atoms with van der Waals surface area (Å²) >= 11 is 0.895. The smallest absolute Gasteiger partial charge is 0.364 e. The molecule has 0 aliphatic carbocycles. The number of aromatic nitrogens is 3. The highest BCUT2D eigenvalue weighted by Gasteiger charge is 2.25. The van der Waals surface area contributed by atoms with Crippen LogP contribution in [0.1, 0.15) is 13.3 Å². The number of pyridine rings is 1. The molecular formula is C12H12N4O5S. The van der Waals surface area contributed by atoms with Crippen LogP contribution in [0.25, 0.3) is 0 Å². The summed E-state index contributed by atoms with van der Waals surface area (Å²) in [6.07, 6.45) is 3.01. The second kappa shape index (κ2) is 6.43. The van der Waals surface area contributed by atoms with Gasteiger partial charge < -0.3 is 5.21 Å². The maximum atomic E-state index is 11.9. The zero-order valence-electron chi connectivity index (χ0n) is 11.5. The van der Waals surface area contributed by atoms with E-state index in [0.29, 0.717) is 16.0 Å². The minimum atomic E-state index is -1.04. The van der Waals surface area contributed by atoms with Gasteiger partial charge in [-0.1, -0.05) is 18.7 Å². The van der Waals surface area contributed by atoms with Crippen molar-refractivity contribution < 1.29 is 9.65 Å². The molecule has 9 nitrogen and oxygen atoms in total. The number of hydrogen-bond acceptors (Lipinski definition) is 6. The third-order valence-electron chi connectivity index (χ3n) is 2.74. The lowest BCUT2D eigenvalue weighted by molar-refractivity contribution is -0.605. The van der Waals surface area contributed by atoms with Gasteiger partial charge >= 0.3 is 16.9 Å². The van der Waals surface area contributed by atoms with E-state index in [-0.39, 0.29) is 11.6 Å². The first-order chi connectivity index (χ1) is 10.4. The number of rotatable bonds is 5. The van der Waals surface area contributed by atoms with Crippen LogP contribution in [0.15, 0.2) is 44.0 Å². The number of nitrogens with one attached hydrogen (secondary N) is 1. The van der Waals surface area contributed by atoms with E-state index >= 15 is 0 Å². The van der Waals surface area contributed by atoms with Gasteiger partial charge in [0.05, 0.1) is 4.92 Å². The third kappa shape index (κ3) is 3.17. The highest BCUT2D eigenvalue weighted by molar-refractivity contribution is 7.99. The average molecular weight is 324 g/mol. The Balaban J connectivity index is 2.64. The van der Waals surface area contributed by atoms with Gasteiger partial charge in [0.15, 0.2) is 17.4 Å². The zero-order valence-corrected chi connectivity index (χ0v) is 12.3. The molecule has 0 saturated heterocycles. The molecule has 116 valence electrons. The van der Waals surface area contributed by atoms with E-state index in [9.17, 15) is 24.9 Å². The number of nitro groups is 1. The normalized spacial score (nSPS) is 10.6. The summed E-state index contributed by atoms with van der Waals surface area (Å²) in [5.74, 6) is 0. The lowest BCUT2D eigenvalue weighted by atomic mass is 10.4. The molecule has 2 heterocycles. The van der Waals surface area contributed by atoms with Crippen LogP contribution >= 0.6 is 11.8 Å². The molecule has 22 heavy (non-hydrogen) atoms. The van der Waals surface area contributed by atoms with Gasteiger partial charge in [-0.05, 0) is 6.42 Å². The maximum absolute atomic E-state index is 11.9. The lowest BCUT2D eigenvalue weighted by Gasteiger charge is -2.10. The molecule has 2 rings (SSSR count). The molecular weight excluding hydrogens is 312 g/mol. The summed E-state index contributed by atoms with van der Waals surface area (Å²) in [6, 6.07) is 2.90. The lowest BCUT2D eigenvalue weighted by Crippen LogP contribution is -2.33. The van der Waals surface area contributed by atoms with Gasteiger partial charge in [0.25, 0.3) is 0 Å². The monoisotopic (exact) mass is 324 g/mol. The second-order valence-electron chi connectivity index (χ2n) is 4.32. The molecule has 0 aliphatic rings. The van der Waals surface area contributed by atoms with E-state index < -0.39 is 21.9 Å². The highest BCUT2D eigenvalue weighted by Crippen LogP contribution is 2.31. The van der Waals surface area contributed by atoms with Crippen molar-refractivity contribution in [2.24, 2.45) is 0 Å². The van der Waals surface area contributed by atoms with E-state index in [1.165, 1.54) is 24.5 Å². The second-order valence-corrected chi connectivity index (χ2v) is 5.38. The molecule has 0 spiro atoms. The summed E-state index contributed by atoms with van der Waals surface area (Å²) < 4.78 is 1.72. The number of nitrogens with zero attached hydrogens (tertiary/aromatic N) is 3. The Labute approximate surface area is 128 Å². The molecule has 0 aliphatic heterocycles. The van der Waals surface area contributed by atoms with Crippen molar-refractivity contribution in [3.8, 4) is 0 Å². The molecule has 0 radical (unpaired) electrons. The minimum absolute atomic E-state index is 0.0516. The van der Waals surface area contributed by atoms with Crippen molar-refractivity contribution in [2.45, 2.75) is 29.8 Å². The largest absolute Gasteiger partial charge is 0.619 e. The van der Waals surface area contributed by atoms with Crippen LogP contribution in [0.4, 0.5) is 5.69 Å². The number of aromatic amines is 1. The third-order valence-corrected chi connectivity index (χ3v) is 3.86. The van der Waals surface area contributed by atoms with Crippen molar-refractivity contribution in [1.29, 1.82) is 0 Å². The fourth-order valence-corrected chi connectivity index (χ4v) is 2.84. The van der Waals surface area contributed by atoms with E-state index in [1.54, 1.807) is 6.92 Å². The molecule has 2 aromatic heterocycles. The zero-order chi connectivity index (χ0) is 16.3. The van der Waals surface area contributed by atoms with E-state index in [0.717, 1.165) is 16.3 Å². The van der Waals surface area contributed by atoms with Crippen LogP contribution in [0, 0.1) is 15.3 Å². The predicted molar refractivity (Wildman–Crippen MR) is 77.8 cm³/mol. The quantitative estimate of drug-likeness (QED) is 0.283. The van der Waals surface area contributed by atoms with Crippen molar-refractivity contribution in [3.05, 3.63) is 60.7 Å². The molecule has 2 aromatic rings. The first-order valence-electron chi connectivity index (χ1n) is 6.32. The van der Waals surface area contributed by atoms with Crippen molar-refractivity contribution in [1.82, 2.24) is 9.55 Å². The van der Waals surface area contributed by atoms with Gasteiger partial charge in [0.2, 0.25) is 0 Å². The molecule has 10 heteroatoms. The summed E-state index contributed by atoms with van der Waals surface area (Å²) in [4.78, 5) is 36.4. The minimum Gasteiger partial charge on any atom is -0.619 e. The molecule has 0 bridgehead atoms. The van der Waals surface area contributed by atoms with Crippen molar-refractivity contribution in [3.63, 3.8) is 0 Å². The number of hydrogen-bond donors (Lipinski definition) is 1. The van der Waals surface area contributed by atoms with Gasteiger partial charge in [-0.15, -0.1) is 0 Å². The Hall–Kier alpha value is -2.62. The van der Waals surface area contributed by atoms with Crippen LogP contribution in [-0.2, 0) is 6.54 Å². The van der Waals surface area contributed by atoms with Gasteiger partial charge in [-0.25, -0.2) is 4.79 Å². The van der Waals surface area contributed by atoms with Crippen LogP contribution in [-0.4, -0.2) is 14.5 Å². The Morgan fingerprint density at radius 1 is 1.36 bits per heavy atom. The summed E-state index contributed by atoms with van der Waals surface area (Å²) in [6.45, 7) is 2.04. The van der Waals surface area contributed by atoms with Gasteiger partial charge in [0, 0.05) is 23.6 Å². The Morgan fingerprint density at radius 3 is 2.55 bits per heavy atom. The van der Waals surface area contributed by atoms with E-state index in [2.05, 4.69) is 0 Å². The first kappa shape index (κ1) is 15.8. The van der Waals surface area contributed by atoms with Crippen molar-refractivity contribution >= 4 is 17.4 Å². The molecule has 0 amide bonds. The van der Waals surface area contributed by atoms with Crippen LogP contribution < -0.4 is 16.0 Å². The van der Waals surface area contributed by atoms with Crippen LogP contribution in [0.5, 0.6) is 0 Å². The molecule has 0 aromatic carbocycles. The fourth-order valence-electron chi connectivity index (χ4n) is 1.81. The summed E-state index contributed by atoms with van der Waals surface area (Å²) in [5.41, 5.74) is -2.42. The standard InChI is InChI=1S/C12H12N4O5S/c1-2-5-15-11(22-8-3-6-14(19)7-4-8)9(16(20)21)10(17)13-12(15)18/h3-4,6-7H,2,5H2,1H3,(H,13,17,18). The van der Waals surface area contributed by atoms with Gasteiger partial charge in [0.1, 0.15) is 0 Å². The Morgan fingerprint density at radius 2 is 2.00 bits per heavy atom. The molecule has 0 fully saturated rings. The van der Waals surface area contributed by atoms with Gasteiger partial charge in [-0.3, -0.25) is 24.5 Å². The first-order valence-corrected chi connectivity index (χ1v) is 7.14. The average Bonchev–Trinajstić information content (AvgIpc) is 2.44. The summed E-state index contributed by atoms with van der Waals surface area (Å²) in [7, 11) is 0. The predicted octanol–water partition coefficient (Wildman–Crippen LogP) is 0.639. The SMILES string of the molecule is CCCn1c(Sc2cc[n+]([O-])cc2)c([N+](=O)[O-])c(=O)[nH]c1=O. The summed E-state index contributed by atoms with van der Waals surface area (Å²) in [5, 5.41) is 22.1. The number of H-pyrrole nitrogens is 1. The maximum Gasteiger partial charge on any atom is 0.364 e. The molecule has 0 saturated carbocycles. The van der Waals surface area contributed by atoms with E-state index in [1.807, 2.05) is 4.98 Å². The molecule has 1 N–H and O–H groups in total. The van der Waals surface area contributed by atoms with Crippen LogP contribution in [0.3, 0.4) is 0 Å². The van der Waals surface area contributed by atoms with Crippen LogP contribution in [0.2, 0.25) is 0 Å². The Bertz CT molecular complexity index is 812. The topological polar surface area (TPSA) is 125 Å². The fraction of sp³-hybridized carbons (Fsp3) is 0.250. The van der Waals surface area contributed by atoms with E-state index in [4.69, 9.17) is 0 Å². The Kier molecular flexibility index (Phi) is 4.61. The molecule has 0 unspecified atom stereocenters. The highest BCUT2D eigenvalue weighted by atomic mass is 32.2. The molecule has 0 atom stereocenters. The van der Waals surface area contributed by atoms with Gasteiger partial charge in [-0.2, -0.15) is 4.73 Å². The van der Waals surface area contributed by atoms with Crippen molar-refractivity contribution in [2.75, 3.05) is 0 Å².